The lowest BCUT2D eigenvalue weighted by Crippen LogP contribution is -2.28. The van der Waals surface area contributed by atoms with Crippen molar-refractivity contribution in [2.45, 2.75) is 6.54 Å². The van der Waals surface area contributed by atoms with E-state index in [2.05, 4.69) is 4.99 Å². The van der Waals surface area contributed by atoms with Crippen molar-refractivity contribution in [1.29, 1.82) is 0 Å². The maximum absolute atomic E-state index is 13.0. The van der Waals surface area contributed by atoms with Crippen LogP contribution in [-0.4, -0.2) is 27.1 Å². The quantitative estimate of drug-likeness (QED) is 0.619. The first-order chi connectivity index (χ1) is 14.1. The van der Waals surface area contributed by atoms with Crippen molar-refractivity contribution < 1.29 is 19.1 Å². The Hall–Kier alpha value is -3.58. The van der Waals surface area contributed by atoms with E-state index in [-0.39, 0.29) is 18.0 Å². The molecular formula is C22H16N2O4S. The van der Waals surface area contributed by atoms with Gasteiger partial charge in [0.2, 0.25) is 0 Å². The number of benzene rings is 2. The van der Waals surface area contributed by atoms with E-state index in [0.29, 0.717) is 15.8 Å². The molecular weight excluding hydrogens is 388 g/mol. The lowest BCUT2D eigenvalue weighted by atomic mass is 10.1. The molecule has 0 saturated carbocycles. The zero-order chi connectivity index (χ0) is 20.2. The van der Waals surface area contributed by atoms with Crippen molar-refractivity contribution in [2.24, 2.45) is 4.99 Å². The van der Waals surface area contributed by atoms with E-state index >= 15 is 0 Å². The number of aromatic carboxylic acids is 1. The predicted molar refractivity (Wildman–Crippen MR) is 112 cm³/mol. The van der Waals surface area contributed by atoms with Crippen molar-refractivity contribution >= 4 is 40.6 Å². The van der Waals surface area contributed by atoms with Crippen molar-refractivity contribution in [1.82, 2.24) is 4.90 Å². The Morgan fingerprint density at radius 2 is 1.83 bits per heavy atom. The maximum Gasteiger partial charge on any atom is 0.335 e. The van der Waals surface area contributed by atoms with Gasteiger partial charge in [-0.1, -0.05) is 30.3 Å². The highest BCUT2D eigenvalue weighted by Gasteiger charge is 2.34. The molecule has 0 atom stereocenters. The molecule has 6 nitrogen and oxygen atoms in total. The second-order valence-electron chi connectivity index (χ2n) is 6.24. The van der Waals surface area contributed by atoms with Crippen LogP contribution in [0.4, 0.5) is 5.69 Å². The number of carboxylic acid groups (broad SMARTS) is 1. The summed E-state index contributed by atoms with van der Waals surface area (Å²) in [6.45, 7) is 0.278. The number of carboxylic acids is 1. The van der Waals surface area contributed by atoms with Gasteiger partial charge in [-0.3, -0.25) is 9.69 Å². The van der Waals surface area contributed by atoms with Crippen molar-refractivity contribution in [3.8, 4) is 0 Å². The molecule has 2 aromatic carbocycles. The molecule has 1 aromatic heterocycles. The number of carbonyl (C=O) groups excluding carboxylic acids is 1. The van der Waals surface area contributed by atoms with Crippen molar-refractivity contribution in [3.05, 3.63) is 94.8 Å². The second kappa shape index (κ2) is 8.20. The monoisotopic (exact) mass is 404 g/mol. The first kappa shape index (κ1) is 18.8. The number of furan rings is 1. The molecule has 29 heavy (non-hydrogen) atoms. The fraction of sp³-hybridized carbons (Fsp3) is 0.0455. The smallest absolute Gasteiger partial charge is 0.335 e. The third-order valence-corrected chi connectivity index (χ3v) is 5.23. The Morgan fingerprint density at radius 1 is 1.07 bits per heavy atom. The number of aliphatic imine (C=N–C) groups is 1. The predicted octanol–water partition coefficient (Wildman–Crippen LogP) is 4.78. The fourth-order valence-electron chi connectivity index (χ4n) is 2.78. The highest BCUT2D eigenvalue weighted by Crippen LogP contribution is 2.35. The topological polar surface area (TPSA) is 83.1 Å². The number of amidine groups is 1. The molecule has 4 rings (SSSR count). The van der Waals surface area contributed by atoms with Gasteiger partial charge in [0.1, 0.15) is 5.76 Å². The average molecular weight is 404 g/mol. The Balaban J connectivity index is 1.66. The molecule has 0 bridgehead atoms. The number of rotatable bonds is 5. The molecule has 1 fully saturated rings. The van der Waals surface area contributed by atoms with Crippen LogP contribution in [0.1, 0.15) is 21.7 Å². The Kier molecular flexibility index (Phi) is 5.31. The summed E-state index contributed by atoms with van der Waals surface area (Å²) in [4.78, 5) is 30.8. The number of carbonyl (C=O) groups is 2. The van der Waals surface area contributed by atoms with Crippen LogP contribution in [0, 0.1) is 0 Å². The van der Waals surface area contributed by atoms with E-state index in [9.17, 15) is 9.59 Å². The third kappa shape index (κ3) is 4.30. The molecule has 1 aliphatic heterocycles. The lowest BCUT2D eigenvalue weighted by molar-refractivity contribution is -0.122. The van der Waals surface area contributed by atoms with Gasteiger partial charge in [-0.25, -0.2) is 9.79 Å². The average Bonchev–Trinajstić information content (AvgIpc) is 3.34. The minimum atomic E-state index is -0.988. The van der Waals surface area contributed by atoms with Gasteiger partial charge in [-0.05, 0) is 59.8 Å². The number of amides is 1. The normalized spacial score (nSPS) is 16.7. The molecule has 0 unspecified atom stereocenters. The molecule has 0 spiro atoms. The number of para-hydroxylation sites is 1. The number of hydrogen-bond acceptors (Lipinski definition) is 5. The summed E-state index contributed by atoms with van der Waals surface area (Å²) in [5, 5.41) is 9.59. The summed E-state index contributed by atoms with van der Waals surface area (Å²) in [5.41, 5.74) is 1.69. The molecule has 144 valence electrons. The molecule has 2 heterocycles. The fourth-order valence-corrected chi connectivity index (χ4v) is 3.77. The van der Waals surface area contributed by atoms with Gasteiger partial charge in [0, 0.05) is 0 Å². The highest BCUT2D eigenvalue weighted by molar-refractivity contribution is 8.18. The first-order valence-corrected chi connectivity index (χ1v) is 9.63. The summed E-state index contributed by atoms with van der Waals surface area (Å²) < 4.78 is 5.40. The van der Waals surface area contributed by atoms with Gasteiger partial charge in [0.15, 0.2) is 5.17 Å². The van der Waals surface area contributed by atoms with Crippen LogP contribution >= 0.6 is 11.8 Å². The van der Waals surface area contributed by atoms with Crippen LogP contribution in [0.2, 0.25) is 0 Å². The van der Waals surface area contributed by atoms with Crippen LogP contribution in [0.25, 0.3) is 6.08 Å². The minimum Gasteiger partial charge on any atom is -0.478 e. The maximum atomic E-state index is 13.0. The van der Waals surface area contributed by atoms with Crippen LogP contribution in [0.5, 0.6) is 0 Å². The first-order valence-electron chi connectivity index (χ1n) is 8.81. The highest BCUT2D eigenvalue weighted by atomic mass is 32.2. The molecule has 0 radical (unpaired) electrons. The van der Waals surface area contributed by atoms with Gasteiger partial charge in [0.25, 0.3) is 5.91 Å². The third-order valence-electron chi connectivity index (χ3n) is 4.22. The standard InChI is InChI=1S/C22H16N2O4S/c25-20-19(13-15-8-10-16(11-9-15)21(26)27)29-22(23-17-5-2-1-3-6-17)24(20)14-18-7-4-12-28-18/h1-13H,14H2,(H,26,27)/b19-13-,23-22?. The lowest BCUT2D eigenvalue weighted by Gasteiger charge is -2.13. The summed E-state index contributed by atoms with van der Waals surface area (Å²) in [6, 6.07) is 19.4. The summed E-state index contributed by atoms with van der Waals surface area (Å²) in [5.74, 6) is -0.507. The Labute approximate surface area is 171 Å². The molecule has 1 N–H and O–H groups in total. The van der Waals surface area contributed by atoms with Crippen LogP contribution in [0.3, 0.4) is 0 Å². The second-order valence-corrected chi connectivity index (χ2v) is 7.25. The number of hydrogen-bond donors (Lipinski definition) is 1. The SMILES string of the molecule is O=C(O)c1ccc(/C=C2\SC(=Nc3ccccc3)N(Cc3ccco3)C2=O)cc1. The van der Waals surface area contributed by atoms with E-state index in [1.165, 1.54) is 23.9 Å². The zero-order valence-electron chi connectivity index (χ0n) is 15.2. The summed E-state index contributed by atoms with van der Waals surface area (Å²) in [6.07, 6.45) is 3.30. The van der Waals surface area contributed by atoms with Crippen molar-refractivity contribution in [3.63, 3.8) is 0 Å². The number of nitrogens with zero attached hydrogens (tertiary/aromatic N) is 2. The molecule has 1 saturated heterocycles. The van der Waals surface area contributed by atoms with Gasteiger partial charge >= 0.3 is 5.97 Å². The zero-order valence-corrected chi connectivity index (χ0v) is 16.0. The van der Waals surface area contributed by atoms with Gasteiger partial charge in [-0.15, -0.1) is 0 Å². The summed E-state index contributed by atoms with van der Waals surface area (Å²) in [7, 11) is 0. The van der Waals surface area contributed by atoms with Crippen molar-refractivity contribution in [2.75, 3.05) is 0 Å². The van der Waals surface area contributed by atoms with Gasteiger partial charge < -0.3 is 9.52 Å². The van der Waals surface area contributed by atoms with Crippen LogP contribution in [0.15, 0.2) is 87.3 Å². The molecule has 7 heteroatoms. The van der Waals surface area contributed by atoms with E-state index < -0.39 is 5.97 Å². The molecule has 1 aliphatic rings. The van der Waals surface area contributed by atoms with Gasteiger partial charge in [0.05, 0.1) is 29.0 Å². The molecule has 0 aliphatic carbocycles. The van der Waals surface area contributed by atoms with Crippen LogP contribution in [-0.2, 0) is 11.3 Å². The van der Waals surface area contributed by atoms with E-state index in [1.54, 1.807) is 35.4 Å². The molecule has 1 amide bonds. The Bertz CT molecular complexity index is 1090. The van der Waals surface area contributed by atoms with E-state index in [0.717, 1.165) is 11.3 Å². The van der Waals surface area contributed by atoms with E-state index in [4.69, 9.17) is 9.52 Å². The van der Waals surface area contributed by atoms with Crippen LogP contribution < -0.4 is 0 Å². The number of thioether (sulfide) groups is 1. The molecule has 3 aromatic rings. The van der Waals surface area contributed by atoms with E-state index in [1.807, 2.05) is 36.4 Å². The Morgan fingerprint density at radius 3 is 2.48 bits per heavy atom. The summed E-state index contributed by atoms with van der Waals surface area (Å²) >= 11 is 1.28. The van der Waals surface area contributed by atoms with Gasteiger partial charge in [-0.2, -0.15) is 0 Å². The largest absolute Gasteiger partial charge is 0.478 e. The minimum absolute atomic E-state index is 0.177.